The number of aliphatic hydroxyl groups excluding tert-OH is 1. The van der Waals surface area contributed by atoms with Gasteiger partial charge in [-0.1, -0.05) is 74.8 Å². The maximum atomic E-state index is 12.5. The number of hydrogen-bond donors (Lipinski definition) is 2. The van der Waals surface area contributed by atoms with Crippen LogP contribution in [0.25, 0.3) is 5.57 Å². The maximum Gasteiger partial charge on any atom is 0.305 e. The second-order valence-electron chi connectivity index (χ2n) is 12.6. The first-order valence-electron chi connectivity index (χ1n) is 16.1. The van der Waals surface area contributed by atoms with Crippen LogP contribution in [0.2, 0.25) is 0 Å². The third-order valence-corrected chi connectivity index (χ3v) is 9.44. The van der Waals surface area contributed by atoms with Crippen LogP contribution in [0.5, 0.6) is 0 Å². The van der Waals surface area contributed by atoms with E-state index in [-0.39, 0.29) is 29.5 Å². The largest absolute Gasteiger partial charge is 0.465 e. The Kier molecular flexibility index (Phi) is 10.5. The van der Waals surface area contributed by atoms with Crippen LogP contribution < -0.4 is 5.32 Å². The first kappa shape index (κ1) is 30.5. The highest BCUT2D eigenvalue weighted by molar-refractivity contribution is 5.95. The van der Waals surface area contributed by atoms with Crippen molar-refractivity contribution in [2.24, 2.45) is 17.8 Å². The van der Waals surface area contributed by atoms with E-state index in [0.717, 1.165) is 58.0 Å². The fourth-order valence-corrected chi connectivity index (χ4v) is 7.12. The van der Waals surface area contributed by atoms with Crippen LogP contribution in [0.3, 0.4) is 0 Å². The smallest absolute Gasteiger partial charge is 0.305 e. The third-order valence-electron chi connectivity index (χ3n) is 9.44. The molecule has 0 bridgehead atoms. The van der Waals surface area contributed by atoms with Crippen molar-refractivity contribution in [3.8, 4) is 0 Å². The van der Waals surface area contributed by atoms with Crippen molar-refractivity contribution < 1.29 is 19.4 Å². The molecule has 0 radical (unpaired) electrons. The molecule has 2 heterocycles. The number of fused-ring (bicyclic) bond motifs is 2. The van der Waals surface area contributed by atoms with Crippen molar-refractivity contribution >= 4 is 23.0 Å². The monoisotopic (exact) mass is 572 g/mol. The molecule has 0 fully saturated rings. The zero-order valence-electron chi connectivity index (χ0n) is 25.3. The number of nitrogens with zero attached hydrogens (tertiary/aromatic N) is 1. The van der Waals surface area contributed by atoms with Crippen molar-refractivity contribution in [1.82, 2.24) is 4.90 Å². The Bertz CT molecular complexity index is 1230. The van der Waals surface area contributed by atoms with Gasteiger partial charge in [0, 0.05) is 54.9 Å². The Balaban J connectivity index is 1.03. The van der Waals surface area contributed by atoms with Crippen LogP contribution >= 0.6 is 0 Å². The summed E-state index contributed by atoms with van der Waals surface area (Å²) in [6.07, 6.45) is 21.3. The summed E-state index contributed by atoms with van der Waals surface area (Å²) < 4.78 is 5.72. The Morgan fingerprint density at radius 3 is 2.98 bits per heavy atom. The van der Waals surface area contributed by atoms with Gasteiger partial charge in [-0.3, -0.25) is 14.5 Å². The van der Waals surface area contributed by atoms with Crippen LogP contribution in [-0.2, 0) is 14.3 Å². The standard InChI is InChI=1S/C36H48N2O4/c1-3-4-7-11-28(39)18-16-26-17-19-34(40)29(26)12-8-5-6-9-15-35(41)42-24-25-20-31-30-13-10-14-32-36(30)27(22-37-32)21-33(31)38(2)23-25/h5,8,10,13-14,16-20,25-29,33,37,39H,3-4,6-7,9,11-12,15,21-24H2,1-2H3/b8-5?,18-16+/t25-,26+,27?,28+,29-,33-/m1/s1. The topological polar surface area (TPSA) is 78.9 Å². The second-order valence-corrected chi connectivity index (χ2v) is 12.6. The Morgan fingerprint density at radius 1 is 1.24 bits per heavy atom. The average Bonchev–Trinajstić information content (AvgIpc) is 3.57. The minimum atomic E-state index is -0.443. The Labute approximate surface area is 251 Å². The molecule has 2 aliphatic heterocycles. The van der Waals surface area contributed by atoms with Crippen LogP contribution in [0.15, 0.2) is 60.7 Å². The van der Waals surface area contributed by atoms with Crippen molar-refractivity contribution in [3.05, 3.63) is 71.9 Å². The van der Waals surface area contributed by atoms with Gasteiger partial charge >= 0.3 is 5.97 Å². The molecule has 1 unspecified atom stereocenters. The number of aliphatic hydroxyl groups is 1. The number of ketones is 1. The molecule has 0 aromatic heterocycles. The highest BCUT2D eigenvalue weighted by Crippen LogP contribution is 2.48. The SMILES string of the molecule is CCCCC[C@H](O)/C=C/[C@H]1C=CC(=O)[C@@H]1CC=CCCCC(=O)OC[C@@H]1C=C2c3cccc4c3C(CN4)C[C@H]2N(C)C1. The van der Waals surface area contributed by atoms with Crippen LogP contribution in [-0.4, -0.2) is 60.6 Å². The van der Waals surface area contributed by atoms with E-state index in [2.05, 4.69) is 60.6 Å². The number of carbonyl (C=O) groups excluding carboxylic acids is 2. The van der Waals surface area contributed by atoms with E-state index in [1.807, 2.05) is 18.2 Å². The molecule has 6 nitrogen and oxygen atoms in total. The third kappa shape index (κ3) is 7.33. The fraction of sp³-hybridized carbons (Fsp3) is 0.556. The number of unbranched alkanes of at least 4 members (excludes halogenated alkanes) is 3. The number of nitrogens with one attached hydrogen (secondary N) is 1. The van der Waals surface area contributed by atoms with Crippen molar-refractivity contribution in [2.75, 3.05) is 32.1 Å². The van der Waals surface area contributed by atoms with Gasteiger partial charge in [0.05, 0.1) is 12.7 Å². The normalized spacial score (nSPS) is 27.3. The second kappa shape index (κ2) is 14.5. The molecule has 0 spiro atoms. The first-order valence-corrected chi connectivity index (χ1v) is 16.1. The summed E-state index contributed by atoms with van der Waals surface area (Å²) in [7, 11) is 2.20. The summed E-state index contributed by atoms with van der Waals surface area (Å²) in [5.41, 5.74) is 5.50. The number of esters is 1. The van der Waals surface area contributed by atoms with Crippen LogP contribution in [0, 0.1) is 17.8 Å². The molecule has 0 saturated heterocycles. The lowest BCUT2D eigenvalue weighted by Crippen LogP contribution is -2.43. The number of likely N-dealkylation sites (N-methyl/N-ethyl adjacent to an activating group) is 1. The quantitative estimate of drug-likeness (QED) is 0.152. The first-order chi connectivity index (χ1) is 20.4. The predicted molar refractivity (Wildman–Crippen MR) is 169 cm³/mol. The van der Waals surface area contributed by atoms with Crippen molar-refractivity contribution in [3.63, 3.8) is 0 Å². The molecule has 1 aromatic carbocycles. The molecular formula is C36H48N2O4. The summed E-state index contributed by atoms with van der Waals surface area (Å²) in [4.78, 5) is 27.3. The summed E-state index contributed by atoms with van der Waals surface area (Å²) >= 11 is 0. The maximum absolute atomic E-state index is 12.5. The molecule has 4 aliphatic rings. The Morgan fingerprint density at radius 2 is 2.12 bits per heavy atom. The molecule has 5 rings (SSSR count). The van der Waals surface area contributed by atoms with E-state index in [4.69, 9.17) is 4.74 Å². The number of allylic oxidation sites excluding steroid dienone is 5. The van der Waals surface area contributed by atoms with E-state index in [1.165, 1.54) is 22.4 Å². The summed E-state index contributed by atoms with van der Waals surface area (Å²) in [6.45, 7) is 4.51. The van der Waals surface area contributed by atoms with Gasteiger partial charge in [-0.05, 0) is 68.0 Å². The van der Waals surface area contributed by atoms with Gasteiger partial charge in [0.2, 0.25) is 0 Å². The van der Waals surface area contributed by atoms with Gasteiger partial charge in [0.15, 0.2) is 5.78 Å². The molecule has 0 amide bonds. The highest BCUT2D eigenvalue weighted by Gasteiger charge is 2.39. The van der Waals surface area contributed by atoms with Gasteiger partial charge in [-0.2, -0.15) is 0 Å². The van der Waals surface area contributed by atoms with Crippen molar-refractivity contribution in [1.29, 1.82) is 0 Å². The molecule has 42 heavy (non-hydrogen) atoms. The number of hydrogen-bond acceptors (Lipinski definition) is 6. The molecule has 226 valence electrons. The molecule has 6 heteroatoms. The summed E-state index contributed by atoms with van der Waals surface area (Å²) in [6, 6.07) is 7.01. The minimum Gasteiger partial charge on any atom is -0.465 e. The number of anilines is 1. The highest BCUT2D eigenvalue weighted by atomic mass is 16.5. The summed E-state index contributed by atoms with van der Waals surface area (Å²) in [5.74, 6) is 0.723. The zero-order chi connectivity index (χ0) is 29.5. The Hall–Kier alpha value is -2.96. The summed E-state index contributed by atoms with van der Waals surface area (Å²) in [5, 5.41) is 13.8. The fourth-order valence-electron chi connectivity index (χ4n) is 7.12. The number of ether oxygens (including phenoxy) is 1. The molecular weight excluding hydrogens is 524 g/mol. The van der Waals surface area contributed by atoms with Gasteiger partial charge in [-0.15, -0.1) is 0 Å². The van der Waals surface area contributed by atoms with Crippen molar-refractivity contribution in [2.45, 2.75) is 82.8 Å². The van der Waals surface area contributed by atoms with Gasteiger partial charge in [0.25, 0.3) is 0 Å². The van der Waals surface area contributed by atoms with Gasteiger partial charge in [-0.25, -0.2) is 0 Å². The zero-order valence-corrected chi connectivity index (χ0v) is 25.3. The van der Waals surface area contributed by atoms with Gasteiger partial charge in [0.1, 0.15) is 0 Å². The van der Waals surface area contributed by atoms with Crippen LogP contribution in [0.1, 0.15) is 81.8 Å². The van der Waals surface area contributed by atoms with E-state index >= 15 is 0 Å². The molecule has 2 N–H and O–H groups in total. The average molecular weight is 573 g/mol. The minimum absolute atomic E-state index is 0.0385. The lowest BCUT2D eigenvalue weighted by Gasteiger charge is -2.42. The lowest BCUT2D eigenvalue weighted by molar-refractivity contribution is -0.144. The number of benzene rings is 1. The van der Waals surface area contributed by atoms with Gasteiger partial charge < -0.3 is 15.2 Å². The number of carbonyl (C=O) groups is 2. The molecule has 1 aromatic rings. The molecule has 6 atom stereocenters. The molecule has 2 aliphatic carbocycles. The van der Waals surface area contributed by atoms with E-state index in [1.54, 1.807) is 6.08 Å². The lowest BCUT2D eigenvalue weighted by atomic mass is 9.75. The molecule has 0 saturated carbocycles. The number of rotatable bonds is 14. The van der Waals surface area contributed by atoms with E-state index in [9.17, 15) is 14.7 Å². The van der Waals surface area contributed by atoms with E-state index in [0.29, 0.717) is 31.4 Å². The van der Waals surface area contributed by atoms with E-state index < -0.39 is 6.10 Å². The predicted octanol–water partition coefficient (Wildman–Crippen LogP) is 6.44. The van der Waals surface area contributed by atoms with Crippen LogP contribution in [0.4, 0.5) is 5.69 Å².